The lowest BCUT2D eigenvalue weighted by Gasteiger charge is -2.26. The van der Waals surface area contributed by atoms with Gasteiger partial charge in [0.2, 0.25) is 0 Å². The van der Waals surface area contributed by atoms with E-state index in [1.165, 1.54) is 0 Å². The molecule has 0 saturated carbocycles. The fraction of sp³-hybridized carbons (Fsp3) is 0.583. The third-order valence-corrected chi connectivity index (χ3v) is 3.22. The minimum Gasteiger partial charge on any atom is -0.396 e. The minimum absolute atomic E-state index is 0.118. The van der Waals surface area contributed by atoms with E-state index in [4.69, 9.17) is 11.6 Å². The SMILES string of the molecule is CCC(C)(CO)CNc1cc(C)cnc1Cl. The van der Waals surface area contributed by atoms with Gasteiger partial charge in [-0.2, -0.15) is 0 Å². The van der Waals surface area contributed by atoms with Crippen LogP contribution in [0.5, 0.6) is 0 Å². The Kier molecular flexibility index (Phi) is 4.56. The van der Waals surface area contributed by atoms with E-state index in [9.17, 15) is 5.11 Å². The molecule has 1 aromatic heterocycles. The van der Waals surface area contributed by atoms with Gasteiger partial charge in [-0.25, -0.2) is 4.98 Å². The molecule has 0 fully saturated rings. The zero-order valence-electron chi connectivity index (χ0n) is 10.0. The molecular weight excluding hydrogens is 224 g/mol. The molecule has 1 heterocycles. The molecule has 0 radical (unpaired) electrons. The summed E-state index contributed by atoms with van der Waals surface area (Å²) in [6, 6.07) is 1.96. The quantitative estimate of drug-likeness (QED) is 0.781. The lowest BCUT2D eigenvalue weighted by molar-refractivity contribution is 0.149. The highest BCUT2D eigenvalue weighted by Gasteiger charge is 2.20. The van der Waals surface area contributed by atoms with Gasteiger partial charge in [0.1, 0.15) is 0 Å². The van der Waals surface area contributed by atoms with Gasteiger partial charge >= 0.3 is 0 Å². The fourth-order valence-corrected chi connectivity index (χ4v) is 1.45. The predicted octanol–water partition coefficient (Wildman–Crippen LogP) is 2.86. The van der Waals surface area contributed by atoms with E-state index in [2.05, 4.69) is 17.2 Å². The molecule has 16 heavy (non-hydrogen) atoms. The van der Waals surface area contributed by atoms with Crippen molar-refractivity contribution in [3.8, 4) is 0 Å². The van der Waals surface area contributed by atoms with Gasteiger partial charge in [-0.3, -0.25) is 0 Å². The summed E-state index contributed by atoms with van der Waals surface area (Å²) in [4.78, 5) is 4.07. The zero-order chi connectivity index (χ0) is 12.2. The third-order valence-electron chi connectivity index (χ3n) is 2.92. The number of aliphatic hydroxyl groups is 1. The molecule has 1 atom stereocenters. The Bertz CT molecular complexity index is 351. The molecule has 90 valence electrons. The normalized spacial score (nSPS) is 14.6. The highest BCUT2D eigenvalue weighted by atomic mass is 35.5. The van der Waals surface area contributed by atoms with Crippen molar-refractivity contribution in [3.63, 3.8) is 0 Å². The number of aryl methyl sites for hydroxylation is 1. The maximum atomic E-state index is 9.30. The van der Waals surface area contributed by atoms with Crippen LogP contribution in [0.1, 0.15) is 25.8 Å². The van der Waals surface area contributed by atoms with Gasteiger partial charge in [0.25, 0.3) is 0 Å². The van der Waals surface area contributed by atoms with Crippen LogP contribution in [-0.2, 0) is 0 Å². The number of nitrogens with one attached hydrogen (secondary N) is 1. The van der Waals surface area contributed by atoms with E-state index in [1.54, 1.807) is 6.20 Å². The Labute approximate surface area is 102 Å². The molecule has 0 amide bonds. The highest BCUT2D eigenvalue weighted by Crippen LogP contribution is 2.24. The molecule has 1 unspecified atom stereocenters. The van der Waals surface area contributed by atoms with Crippen molar-refractivity contribution < 1.29 is 5.11 Å². The molecule has 0 aliphatic rings. The molecule has 0 aromatic carbocycles. The van der Waals surface area contributed by atoms with Crippen LogP contribution in [0, 0.1) is 12.3 Å². The Hall–Kier alpha value is -0.800. The first-order valence-electron chi connectivity index (χ1n) is 5.47. The van der Waals surface area contributed by atoms with E-state index in [1.807, 2.05) is 19.9 Å². The van der Waals surface area contributed by atoms with Crippen LogP contribution in [0.25, 0.3) is 0 Å². The van der Waals surface area contributed by atoms with E-state index < -0.39 is 0 Å². The largest absolute Gasteiger partial charge is 0.396 e. The van der Waals surface area contributed by atoms with Gasteiger partial charge in [0.15, 0.2) is 5.15 Å². The maximum absolute atomic E-state index is 9.30. The molecule has 2 N–H and O–H groups in total. The monoisotopic (exact) mass is 242 g/mol. The summed E-state index contributed by atoms with van der Waals surface area (Å²) < 4.78 is 0. The van der Waals surface area contributed by atoms with Gasteiger partial charge in [0.05, 0.1) is 12.3 Å². The number of halogens is 1. The second-order valence-corrected chi connectivity index (χ2v) is 4.88. The van der Waals surface area contributed by atoms with E-state index in [0.29, 0.717) is 11.7 Å². The van der Waals surface area contributed by atoms with Gasteiger partial charge in [-0.05, 0) is 25.0 Å². The number of nitrogens with zero attached hydrogens (tertiary/aromatic N) is 1. The number of pyridine rings is 1. The van der Waals surface area contributed by atoms with Crippen molar-refractivity contribution in [1.29, 1.82) is 0 Å². The van der Waals surface area contributed by atoms with Gasteiger partial charge in [0, 0.05) is 18.2 Å². The smallest absolute Gasteiger partial charge is 0.152 e. The van der Waals surface area contributed by atoms with Crippen molar-refractivity contribution in [2.24, 2.45) is 5.41 Å². The fourth-order valence-electron chi connectivity index (χ4n) is 1.28. The van der Waals surface area contributed by atoms with Crippen molar-refractivity contribution in [1.82, 2.24) is 4.98 Å². The molecule has 0 saturated heterocycles. The topological polar surface area (TPSA) is 45.1 Å². The first-order chi connectivity index (χ1) is 7.50. The molecule has 1 rings (SSSR count). The van der Waals surface area contributed by atoms with Crippen LogP contribution < -0.4 is 5.32 Å². The number of aromatic nitrogens is 1. The maximum Gasteiger partial charge on any atom is 0.152 e. The molecule has 3 nitrogen and oxygen atoms in total. The summed E-state index contributed by atoms with van der Waals surface area (Å²) in [5.41, 5.74) is 1.77. The van der Waals surface area contributed by atoms with Crippen LogP contribution in [0.2, 0.25) is 5.15 Å². The van der Waals surface area contributed by atoms with Crippen LogP contribution in [-0.4, -0.2) is 23.2 Å². The zero-order valence-corrected chi connectivity index (χ0v) is 10.8. The average molecular weight is 243 g/mol. The minimum atomic E-state index is -0.118. The molecule has 0 bridgehead atoms. The third kappa shape index (κ3) is 3.35. The summed E-state index contributed by atoms with van der Waals surface area (Å²) in [6.45, 7) is 6.92. The van der Waals surface area contributed by atoms with Crippen molar-refractivity contribution in [3.05, 3.63) is 23.0 Å². The number of aliphatic hydroxyl groups excluding tert-OH is 1. The van der Waals surface area contributed by atoms with Gasteiger partial charge < -0.3 is 10.4 Å². The van der Waals surface area contributed by atoms with Crippen molar-refractivity contribution in [2.45, 2.75) is 27.2 Å². The Morgan fingerprint density at radius 1 is 1.56 bits per heavy atom. The number of hydrogen-bond donors (Lipinski definition) is 2. The Morgan fingerprint density at radius 3 is 2.81 bits per heavy atom. The summed E-state index contributed by atoms with van der Waals surface area (Å²) in [5, 5.41) is 13.0. The lowest BCUT2D eigenvalue weighted by atomic mass is 9.88. The molecule has 1 aromatic rings. The second-order valence-electron chi connectivity index (χ2n) is 4.53. The first kappa shape index (κ1) is 13.3. The predicted molar refractivity (Wildman–Crippen MR) is 68.0 cm³/mol. The number of hydrogen-bond acceptors (Lipinski definition) is 3. The van der Waals surface area contributed by atoms with Gasteiger partial charge in [-0.15, -0.1) is 0 Å². The summed E-state index contributed by atoms with van der Waals surface area (Å²) in [5.74, 6) is 0. The van der Waals surface area contributed by atoms with E-state index in [-0.39, 0.29) is 12.0 Å². The van der Waals surface area contributed by atoms with Crippen LogP contribution in [0.4, 0.5) is 5.69 Å². The van der Waals surface area contributed by atoms with Crippen LogP contribution in [0.15, 0.2) is 12.3 Å². The second kappa shape index (κ2) is 5.51. The van der Waals surface area contributed by atoms with Crippen molar-refractivity contribution in [2.75, 3.05) is 18.5 Å². The van der Waals surface area contributed by atoms with Crippen molar-refractivity contribution >= 4 is 17.3 Å². The van der Waals surface area contributed by atoms with Crippen LogP contribution >= 0.6 is 11.6 Å². The molecule has 0 aliphatic carbocycles. The molecule has 4 heteroatoms. The molecular formula is C12H19ClN2O. The average Bonchev–Trinajstić information content (AvgIpc) is 2.30. The first-order valence-corrected chi connectivity index (χ1v) is 5.85. The number of rotatable bonds is 5. The van der Waals surface area contributed by atoms with E-state index in [0.717, 1.165) is 17.7 Å². The van der Waals surface area contributed by atoms with Gasteiger partial charge in [-0.1, -0.05) is 25.4 Å². The van der Waals surface area contributed by atoms with E-state index >= 15 is 0 Å². The molecule has 0 spiro atoms. The Balaban J connectivity index is 2.70. The Morgan fingerprint density at radius 2 is 2.25 bits per heavy atom. The van der Waals surface area contributed by atoms with Crippen LogP contribution in [0.3, 0.4) is 0 Å². The summed E-state index contributed by atoms with van der Waals surface area (Å²) >= 11 is 5.98. The summed E-state index contributed by atoms with van der Waals surface area (Å²) in [7, 11) is 0. The standard InChI is InChI=1S/C12H19ClN2O/c1-4-12(3,8-16)7-15-10-5-9(2)6-14-11(10)13/h5-6,15-16H,4,7-8H2,1-3H3. The molecule has 0 aliphatic heterocycles. The number of anilines is 1. The highest BCUT2D eigenvalue weighted by molar-refractivity contribution is 6.31. The summed E-state index contributed by atoms with van der Waals surface area (Å²) in [6.07, 6.45) is 2.64. The lowest BCUT2D eigenvalue weighted by Crippen LogP contribution is -2.29.